The van der Waals surface area contributed by atoms with Gasteiger partial charge in [-0.15, -0.1) is 12.4 Å². The van der Waals surface area contributed by atoms with Gasteiger partial charge in [-0.1, -0.05) is 18.2 Å². The zero-order chi connectivity index (χ0) is 15.4. The first-order chi connectivity index (χ1) is 10.7. The molecule has 0 radical (unpaired) electrons. The van der Waals surface area contributed by atoms with Crippen LogP contribution in [0.1, 0.15) is 13.3 Å². The molecule has 2 aromatic rings. The number of halogens is 1. The highest BCUT2D eigenvalue weighted by Crippen LogP contribution is 2.27. The number of anilines is 1. The molecule has 0 spiro atoms. The molecule has 5 heteroatoms. The van der Waals surface area contributed by atoms with E-state index in [0.29, 0.717) is 0 Å². The quantitative estimate of drug-likeness (QED) is 0.894. The minimum Gasteiger partial charge on any atom is -0.457 e. The Bertz CT molecular complexity index is 638. The molecule has 2 aromatic carbocycles. The summed E-state index contributed by atoms with van der Waals surface area (Å²) in [6, 6.07) is 17.1. The molecule has 1 saturated heterocycles. The van der Waals surface area contributed by atoms with Crippen molar-refractivity contribution >= 4 is 24.0 Å². The Morgan fingerprint density at radius 2 is 1.74 bits per heavy atom. The van der Waals surface area contributed by atoms with Crippen molar-refractivity contribution in [1.82, 2.24) is 5.32 Å². The number of benzene rings is 2. The first-order valence-corrected chi connectivity index (χ1v) is 7.51. The zero-order valence-corrected chi connectivity index (χ0v) is 13.9. The smallest absolute Gasteiger partial charge is 0.231 e. The molecule has 23 heavy (non-hydrogen) atoms. The monoisotopic (exact) mass is 332 g/mol. The Balaban J connectivity index is 0.00000192. The van der Waals surface area contributed by atoms with Gasteiger partial charge in [-0.25, -0.2) is 0 Å². The summed E-state index contributed by atoms with van der Waals surface area (Å²) in [6.45, 7) is 3.62. The van der Waals surface area contributed by atoms with E-state index < -0.39 is 0 Å². The van der Waals surface area contributed by atoms with Crippen LogP contribution in [0, 0.1) is 5.41 Å². The summed E-state index contributed by atoms with van der Waals surface area (Å²) >= 11 is 0. The SMILES string of the molecule is CC1(C(=O)Nc2ccc(Oc3ccccc3)cc2)CCNC1.Cl. The Kier molecular flexibility index (Phi) is 5.64. The van der Waals surface area contributed by atoms with Crippen LogP contribution in [-0.2, 0) is 4.79 Å². The van der Waals surface area contributed by atoms with Gasteiger partial charge >= 0.3 is 0 Å². The van der Waals surface area contributed by atoms with Gasteiger partial charge in [0.15, 0.2) is 0 Å². The fourth-order valence-electron chi connectivity index (χ4n) is 2.52. The predicted molar refractivity (Wildman–Crippen MR) is 94.4 cm³/mol. The van der Waals surface area contributed by atoms with Crippen LogP contribution in [0.4, 0.5) is 5.69 Å². The van der Waals surface area contributed by atoms with E-state index in [0.717, 1.165) is 36.7 Å². The number of nitrogens with one attached hydrogen (secondary N) is 2. The van der Waals surface area contributed by atoms with E-state index >= 15 is 0 Å². The zero-order valence-electron chi connectivity index (χ0n) is 13.0. The Labute approximate surface area is 142 Å². The van der Waals surface area contributed by atoms with Crippen LogP contribution in [0.3, 0.4) is 0 Å². The summed E-state index contributed by atoms with van der Waals surface area (Å²) in [5.74, 6) is 1.61. The fourth-order valence-corrected chi connectivity index (χ4v) is 2.52. The van der Waals surface area contributed by atoms with Gasteiger partial charge in [-0.05, 0) is 56.3 Å². The second-order valence-corrected chi connectivity index (χ2v) is 5.88. The minimum atomic E-state index is -0.320. The van der Waals surface area contributed by atoms with Crippen LogP contribution in [0.25, 0.3) is 0 Å². The maximum Gasteiger partial charge on any atom is 0.231 e. The van der Waals surface area contributed by atoms with Gasteiger partial charge in [-0.2, -0.15) is 0 Å². The molecule has 1 heterocycles. The number of amides is 1. The summed E-state index contributed by atoms with van der Waals surface area (Å²) < 4.78 is 5.74. The normalized spacial score (nSPS) is 19.7. The van der Waals surface area contributed by atoms with Gasteiger partial charge in [-0.3, -0.25) is 4.79 Å². The third kappa shape index (κ3) is 4.24. The van der Waals surface area contributed by atoms with E-state index in [1.54, 1.807) is 0 Å². The molecular weight excluding hydrogens is 312 g/mol. The molecule has 1 fully saturated rings. The lowest BCUT2D eigenvalue weighted by molar-refractivity contribution is -0.123. The van der Waals surface area contributed by atoms with Crippen LogP contribution >= 0.6 is 12.4 Å². The largest absolute Gasteiger partial charge is 0.457 e. The fraction of sp³-hybridized carbons (Fsp3) is 0.278. The van der Waals surface area contributed by atoms with Crippen molar-refractivity contribution < 1.29 is 9.53 Å². The molecule has 0 aliphatic carbocycles. The van der Waals surface area contributed by atoms with Gasteiger partial charge in [0.2, 0.25) is 5.91 Å². The number of ether oxygens (including phenoxy) is 1. The molecule has 1 unspecified atom stereocenters. The Hall–Kier alpha value is -2.04. The number of hydrogen-bond acceptors (Lipinski definition) is 3. The highest BCUT2D eigenvalue weighted by atomic mass is 35.5. The molecule has 122 valence electrons. The van der Waals surface area contributed by atoms with Gasteiger partial charge in [0, 0.05) is 12.2 Å². The van der Waals surface area contributed by atoms with Crippen LogP contribution in [-0.4, -0.2) is 19.0 Å². The highest BCUT2D eigenvalue weighted by molar-refractivity contribution is 5.95. The predicted octanol–water partition coefficient (Wildman–Crippen LogP) is 3.84. The van der Waals surface area contributed by atoms with E-state index in [1.807, 2.05) is 61.5 Å². The number of para-hydroxylation sites is 1. The lowest BCUT2D eigenvalue weighted by atomic mass is 9.89. The van der Waals surface area contributed by atoms with E-state index in [2.05, 4.69) is 10.6 Å². The average molecular weight is 333 g/mol. The average Bonchev–Trinajstić information content (AvgIpc) is 2.98. The van der Waals surface area contributed by atoms with Crippen molar-refractivity contribution in [1.29, 1.82) is 0 Å². The molecule has 0 bridgehead atoms. The van der Waals surface area contributed by atoms with Crippen LogP contribution in [0.15, 0.2) is 54.6 Å². The third-order valence-electron chi connectivity index (χ3n) is 4.01. The van der Waals surface area contributed by atoms with Gasteiger partial charge in [0.25, 0.3) is 0 Å². The van der Waals surface area contributed by atoms with Crippen molar-refractivity contribution in [3.63, 3.8) is 0 Å². The van der Waals surface area contributed by atoms with Crippen LogP contribution < -0.4 is 15.4 Å². The van der Waals surface area contributed by atoms with Crippen LogP contribution in [0.5, 0.6) is 11.5 Å². The maximum absolute atomic E-state index is 12.3. The van der Waals surface area contributed by atoms with E-state index in [9.17, 15) is 4.79 Å². The number of rotatable bonds is 4. The lowest BCUT2D eigenvalue weighted by Crippen LogP contribution is -2.35. The van der Waals surface area contributed by atoms with Gasteiger partial charge in [0.05, 0.1) is 5.41 Å². The second-order valence-electron chi connectivity index (χ2n) is 5.88. The van der Waals surface area contributed by atoms with Crippen molar-refractivity contribution in [2.75, 3.05) is 18.4 Å². The molecule has 1 atom stereocenters. The highest BCUT2D eigenvalue weighted by Gasteiger charge is 2.36. The number of carbonyl (C=O) groups excluding carboxylic acids is 1. The van der Waals surface area contributed by atoms with Crippen LogP contribution in [0.2, 0.25) is 0 Å². The third-order valence-corrected chi connectivity index (χ3v) is 4.01. The summed E-state index contributed by atoms with van der Waals surface area (Å²) in [5, 5.41) is 6.22. The molecule has 0 saturated carbocycles. The van der Waals surface area contributed by atoms with Crippen molar-refractivity contribution in [3.05, 3.63) is 54.6 Å². The van der Waals surface area contributed by atoms with E-state index in [4.69, 9.17) is 4.74 Å². The van der Waals surface area contributed by atoms with Crippen molar-refractivity contribution in [2.45, 2.75) is 13.3 Å². The molecule has 4 nitrogen and oxygen atoms in total. The van der Waals surface area contributed by atoms with E-state index in [-0.39, 0.29) is 23.7 Å². The Morgan fingerprint density at radius 1 is 1.09 bits per heavy atom. The molecule has 3 rings (SSSR count). The molecule has 1 amide bonds. The number of hydrogen-bond donors (Lipinski definition) is 2. The lowest BCUT2D eigenvalue weighted by Gasteiger charge is -2.21. The first kappa shape index (κ1) is 17.3. The molecule has 1 aliphatic heterocycles. The molecular formula is C18H21ClN2O2. The van der Waals surface area contributed by atoms with Crippen molar-refractivity contribution in [2.24, 2.45) is 5.41 Å². The molecule has 1 aliphatic rings. The van der Waals surface area contributed by atoms with Gasteiger partial charge < -0.3 is 15.4 Å². The number of carbonyl (C=O) groups is 1. The summed E-state index contributed by atoms with van der Waals surface area (Å²) in [5.41, 5.74) is 0.470. The standard InChI is InChI=1S/C18H20N2O2.ClH/c1-18(11-12-19-13-18)17(21)20-14-7-9-16(10-8-14)22-15-5-3-2-4-6-15;/h2-10,19H,11-13H2,1H3,(H,20,21);1H. The molecule has 2 N–H and O–H groups in total. The maximum atomic E-state index is 12.3. The molecule has 0 aromatic heterocycles. The summed E-state index contributed by atoms with van der Waals surface area (Å²) in [7, 11) is 0. The summed E-state index contributed by atoms with van der Waals surface area (Å²) in [4.78, 5) is 12.3. The van der Waals surface area contributed by atoms with E-state index in [1.165, 1.54) is 0 Å². The minimum absolute atomic E-state index is 0. The second kappa shape index (κ2) is 7.49. The van der Waals surface area contributed by atoms with Gasteiger partial charge in [0.1, 0.15) is 11.5 Å². The summed E-state index contributed by atoms with van der Waals surface area (Å²) in [6.07, 6.45) is 0.869. The first-order valence-electron chi connectivity index (χ1n) is 7.51. The topological polar surface area (TPSA) is 50.4 Å². The van der Waals surface area contributed by atoms with Crippen molar-refractivity contribution in [3.8, 4) is 11.5 Å². The Morgan fingerprint density at radius 3 is 2.35 bits per heavy atom.